The van der Waals surface area contributed by atoms with Gasteiger partial charge in [-0.1, -0.05) is 45.5 Å². The fourth-order valence-electron chi connectivity index (χ4n) is 18.7. The average Bonchev–Trinajstić information content (AvgIpc) is 0.966. The molecule has 34 heteroatoms. The summed E-state index contributed by atoms with van der Waals surface area (Å²) in [6, 6.07) is 8.51. The molecule has 6 heterocycles. The quantitative estimate of drug-likeness (QED) is 0.0205. The zero-order valence-electron chi connectivity index (χ0n) is 67.0. The number of esters is 2. The van der Waals surface area contributed by atoms with Crippen LogP contribution in [0.15, 0.2) is 48.2 Å². The van der Waals surface area contributed by atoms with E-state index < -0.39 is 204 Å². The van der Waals surface area contributed by atoms with Crippen LogP contribution in [0.2, 0.25) is 0 Å². The lowest BCUT2D eigenvalue weighted by molar-refractivity contribution is -0.258. The smallest absolute Gasteiger partial charge is 0.344 e. The van der Waals surface area contributed by atoms with Crippen molar-refractivity contribution < 1.29 is 155 Å². The van der Waals surface area contributed by atoms with Crippen molar-refractivity contribution in [3.05, 3.63) is 115 Å². The Kier molecular flexibility index (Phi) is 28.5. The van der Waals surface area contributed by atoms with Crippen LogP contribution in [0.3, 0.4) is 0 Å². The number of ether oxygens (including phenoxy) is 17. The van der Waals surface area contributed by atoms with E-state index in [0.29, 0.717) is 65.0 Å². The van der Waals surface area contributed by atoms with E-state index in [1.54, 1.807) is 21.0 Å². The molecule has 6 aliphatic heterocycles. The van der Waals surface area contributed by atoms with E-state index in [2.05, 4.69) is 15.9 Å². The number of Topliss-reactive ketones (excluding diaryl/α,β-unsaturated/α-hetero) is 2. The minimum Gasteiger partial charge on any atom is -0.507 e. The monoisotopic (exact) mass is 1680 g/mol. The maximum absolute atomic E-state index is 14.3. The van der Waals surface area contributed by atoms with E-state index in [0.717, 1.165) is 31.4 Å². The number of hydrogen-bond donors (Lipinski definition) is 7. The van der Waals surface area contributed by atoms with Crippen molar-refractivity contribution in [1.82, 2.24) is 9.80 Å². The first-order valence-corrected chi connectivity index (χ1v) is 40.2. The van der Waals surface area contributed by atoms with Gasteiger partial charge in [0.1, 0.15) is 77.7 Å². The molecule has 120 heavy (non-hydrogen) atoms. The van der Waals surface area contributed by atoms with Crippen molar-refractivity contribution in [2.24, 2.45) is 0 Å². The minimum atomic E-state index is -2.28. The van der Waals surface area contributed by atoms with Crippen molar-refractivity contribution in [2.45, 2.75) is 242 Å². The number of aliphatic hydroxyl groups is 3. The van der Waals surface area contributed by atoms with E-state index in [1.807, 2.05) is 13.8 Å². The number of fused-ring (bicyclic) bond motifs is 12. The number of benzene rings is 4. The number of rotatable bonds is 22. The largest absolute Gasteiger partial charge is 0.507 e. The summed E-state index contributed by atoms with van der Waals surface area (Å²) in [5.41, 5.74) is -6.95. The van der Waals surface area contributed by atoms with E-state index in [9.17, 15) is 74.1 Å². The van der Waals surface area contributed by atoms with E-state index >= 15 is 0 Å². The zero-order chi connectivity index (χ0) is 84.0. The molecule has 0 amide bonds. The van der Waals surface area contributed by atoms with Gasteiger partial charge in [-0.25, -0.2) is 9.59 Å². The fourth-order valence-corrected chi connectivity index (χ4v) is 18.7. The fraction of sp³-hybridized carbons (Fsp3) is 0.605. The number of hydrogen-bond acceptors (Lipinski definition) is 34. The standard InChI is InChI=1S/C42H51NO16.C32H35NO13.C10H16O3.2CH4/c1-5-53-28(45)20-56-42(12-7-6-8-13-42)55-19-27(44)41(50)17-23-31(37(49)33-32(35(23)47)34(46)22-10-9-11-25(51-3)30(22)36(33)48)26(18-41)58-29-16-24-38(21(2)57-29)59-39-40(52-4)54-15-14-43(24)39;1-13-29-16(33-7-8-43-31(42-3)30(33)46-29)9-20(44-13)45-18-11-32(40,19(35)12-34)10-15-22(18)28(39)24-23(26(15)37)25(36)14-5-4-6-17(41-2)21(14)27(24)38;1-2-12-10(11)8-13-9-6-4-3-5-7-9;;/h9-11,21,24,26,29,38-40,47,49-50H,5-8,12-20H2,1-4H3;4-6,13,16,18,20,29-31,34,37,39-40H,7-12H2,1-3H3;6H,2-5,7-8H2,1H3;2*1H4/t21-,24-,26-,29-,38+,39+,40-,41-;13-,16-,18-,20-,29+,30+,31-,32-;;;/m00.../s1. The minimum absolute atomic E-state index is 0. The van der Waals surface area contributed by atoms with Gasteiger partial charge in [-0.2, -0.15) is 0 Å². The predicted molar refractivity (Wildman–Crippen MR) is 417 cm³/mol. The normalized spacial score (nSPS) is 29.8. The van der Waals surface area contributed by atoms with Crippen molar-refractivity contribution in [1.29, 1.82) is 0 Å². The molecular weight excluding hydrogens is 1570 g/mol. The van der Waals surface area contributed by atoms with Gasteiger partial charge in [-0.05, 0) is 78.0 Å². The average molecular weight is 1680 g/mol. The van der Waals surface area contributed by atoms with Gasteiger partial charge in [0.2, 0.25) is 11.6 Å². The van der Waals surface area contributed by atoms with Crippen LogP contribution < -0.4 is 9.47 Å². The number of methoxy groups -OCH3 is 4. The maximum atomic E-state index is 14.3. The number of carbonyl (C=O) groups excluding carboxylic acids is 8. The SMILES string of the molecule is C.C.CCOC(=O)COC1(OCC(=O)[C@]2(O)Cc3c(O)c4c(c(O)c3[C@@H](O[C@H]3C[C@H]5[C@H](O[C@@H]6[C@@H](OC)OCCN65)[C@H](C)O3)C2)C(=O)c2c(OC)cccc2C4=O)CCCCC1.CCOC(=O)COC1=CCCCC1.COc1cccc2c1C(=O)c1c(O)c3c(c(O)c1C2=O)C[C@@](O)(C(=O)CO)C[C@@H]3O[C@H]1C[C@H]2[C@H](O[C@@H]3[C@@H](OC)OCCN32)[C@H](C)O1. The molecular formula is C86H110N2O32. The molecule has 0 radical (unpaired) electrons. The Labute approximate surface area is 694 Å². The van der Waals surface area contributed by atoms with Gasteiger partial charge in [0.05, 0.1) is 104 Å². The Bertz CT molecular complexity index is 4560. The third-order valence-corrected chi connectivity index (χ3v) is 24.3. The third-order valence-electron chi connectivity index (χ3n) is 24.3. The van der Waals surface area contributed by atoms with Crippen molar-refractivity contribution in [3.8, 4) is 34.5 Å². The molecule has 0 aromatic heterocycles. The van der Waals surface area contributed by atoms with Crippen LogP contribution in [-0.4, -0.2) is 278 Å². The summed E-state index contributed by atoms with van der Waals surface area (Å²) in [7, 11) is 5.77. The molecule has 0 bridgehead atoms. The highest BCUT2D eigenvalue weighted by Gasteiger charge is 2.59. The Morgan fingerprint density at radius 2 is 0.992 bits per heavy atom. The number of aliphatic hydroxyl groups excluding tert-OH is 1. The summed E-state index contributed by atoms with van der Waals surface area (Å²) < 4.78 is 98.5. The zero-order valence-corrected chi connectivity index (χ0v) is 67.0. The first-order valence-electron chi connectivity index (χ1n) is 40.2. The van der Waals surface area contributed by atoms with Crippen LogP contribution in [0.5, 0.6) is 34.5 Å². The molecule has 7 fully saturated rings. The summed E-state index contributed by atoms with van der Waals surface area (Å²) in [5.74, 6) is -8.33. The number of phenolic OH excluding ortho intramolecular Hbond substituents is 4. The van der Waals surface area contributed by atoms with Gasteiger partial charge in [0.15, 0.2) is 73.1 Å². The first kappa shape index (κ1) is 90.7. The summed E-state index contributed by atoms with van der Waals surface area (Å²) in [5, 5.41) is 81.0. The predicted octanol–water partition coefficient (Wildman–Crippen LogP) is 6.98. The van der Waals surface area contributed by atoms with Gasteiger partial charge >= 0.3 is 11.9 Å². The Balaban J connectivity index is 0.000000192. The summed E-state index contributed by atoms with van der Waals surface area (Å²) in [6.07, 6.45) is -0.236. The number of carbonyl (C=O) groups is 8. The van der Waals surface area contributed by atoms with Gasteiger partial charge in [-0.3, -0.25) is 38.6 Å². The Morgan fingerprint density at radius 1 is 0.542 bits per heavy atom. The number of ketones is 6. The molecule has 34 nitrogen and oxygen atoms in total. The molecule has 6 aliphatic carbocycles. The molecule has 656 valence electrons. The number of aromatic hydroxyl groups is 4. The molecule has 7 N–H and O–H groups in total. The second-order valence-corrected chi connectivity index (χ2v) is 31.3. The highest BCUT2D eigenvalue weighted by molar-refractivity contribution is 6.32. The van der Waals surface area contributed by atoms with Crippen molar-refractivity contribution in [3.63, 3.8) is 0 Å². The highest BCUT2D eigenvalue weighted by atomic mass is 16.7. The Morgan fingerprint density at radius 3 is 1.43 bits per heavy atom. The summed E-state index contributed by atoms with van der Waals surface area (Å²) in [6.45, 7) is 7.69. The molecule has 4 aromatic rings. The molecule has 6 saturated heterocycles. The highest BCUT2D eigenvalue weighted by Crippen LogP contribution is 2.56. The lowest BCUT2D eigenvalue weighted by Gasteiger charge is -2.43. The molecule has 16 rings (SSSR count). The molecule has 4 aromatic carbocycles. The topological polar surface area (TPSA) is 442 Å². The van der Waals surface area contributed by atoms with Gasteiger partial charge in [0, 0.05) is 131 Å². The van der Waals surface area contributed by atoms with E-state index in [4.69, 9.17) is 80.5 Å². The lowest BCUT2D eigenvalue weighted by atomic mass is 9.72. The lowest BCUT2D eigenvalue weighted by Crippen LogP contribution is -2.55. The van der Waals surface area contributed by atoms with Crippen LogP contribution in [0.4, 0.5) is 0 Å². The molecule has 0 unspecified atom stereocenters. The van der Waals surface area contributed by atoms with Gasteiger partial charge in [-0.15, -0.1) is 0 Å². The van der Waals surface area contributed by atoms with Crippen LogP contribution in [-0.2, 0) is 103 Å². The number of allylic oxidation sites excluding steroid dienone is 2. The van der Waals surface area contributed by atoms with Gasteiger partial charge in [0.25, 0.3) is 0 Å². The van der Waals surface area contributed by atoms with Crippen LogP contribution in [0.1, 0.15) is 224 Å². The van der Waals surface area contributed by atoms with Gasteiger partial charge < -0.3 is 116 Å². The van der Waals surface area contributed by atoms with Crippen LogP contribution in [0, 0.1) is 0 Å². The van der Waals surface area contributed by atoms with E-state index in [-0.39, 0.29) is 127 Å². The molecule has 12 aliphatic rings. The molecule has 16 atom stereocenters. The van der Waals surface area contributed by atoms with E-state index in [1.165, 1.54) is 64.1 Å². The number of phenols is 4. The third kappa shape index (κ3) is 17.1. The second-order valence-electron chi connectivity index (χ2n) is 31.3. The number of morpholine rings is 2. The second kappa shape index (κ2) is 37.7. The Hall–Kier alpha value is -8.50. The summed E-state index contributed by atoms with van der Waals surface area (Å²) >= 11 is 0. The molecule has 0 spiro atoms. The van der Waals surface area contributed by atoms with Crippen LogP contribution in [0.25, 0.3) is 0 Å². The summed E-state index contributed by atoms with van der Waals surface area (Å²) in [4.78, 5) is 110. The number of nitrogens with zero attached hydrogens (tertiary/aromatic N) is 2. The van der Waals surface area contributed by atoms with Crippen molar-refractivity contribution in [2.75, 3.05) is 94.4 Å². The first-order chi connectivity index (χ1) is 56.7. The van der Waals surface area contributed by atoms with Crippen LogP contribution >= 0.6 is 0 Å². The maximum Gasteiger partial charge on any atom is 0.344 e. The van der Waals surface area contributed by atoms with Crippen molar-refractivity contribution >= 4 is 46.6 Å². The molecule has 1 saturated carbocycles.